The van der Waals surface area contributed by atoms with Gasteiger partial charge in [-0.1, -0.05) is 26.0 Å². The number of ether oxygens (including phenoxy) is 1. The van der Waals surface area contributed by atoms with E-state index in [-0.39, 0.29) is 22.6 Å². The Morgan fingerprint density at radius 1 is 1.06 bits per heavy atom. The van der Waals surface area contributed by atoms with Crippen LogP contribution in [0.5, 0.6) is 5.75 Å². The number of amides is 1. The number of sulfonamides is 1. The average Bonchev–Trinajstić information content (AvgIpc) is 2.79. The maximum Gasteiger partial charge on any atom is 0.246 e. The quantitative estimate of drug-likeness (QED) is 0.639. The predicted molar refractivity (Wildman–Crippen MR) is 128 cm³/mol. The summed E-state index contributed by atoms with van der Waals surface area (Å²) in [6.45, 7) is 8.76. The maximum absolute atomic E-state index is 13.4. The second-order valence-corrected chi connectivity index (χ2v) is 10.8. The fourth-order valence-electron chi connectivity index (χ4n) is 4.07. The number of carbonyl (C=O) groups excluding carboxylic acids is 1. The Labute approximate surface area is 192 Å². The predicted octanol–water partition coefficient (Wildman–Crippen LogP) is 4.50. The van der Waals surface area contributed by atoms with Crippen LogP contribution in [-0.4, -0.2) is 45.9 Å². The molecule has 0 radical (unpaired) electrons. The van der Waals surface area contributed by atoms with Crippen molar-refractivity contribution in [2.24, 2.45) is 5.92 Å². The fraction of sp³-hybridized carbons (Fsp3) is 0.480. The smallest absolute Gasteiger partial charge is 0.246 e. The van der Waals surface area contributed by atoms with E-state index in [2.05, 4.69) is 0 Å². The summed E-state index contributed by atoms with van der Waals surface area (Å²) >= 11 is 0. The van der Waals surface area contributed by atoms with Crippen LogP contribution < -0.4 is 9.64 Å². The van der Waals surface area contributed by atoms with Gasteiger partial charge in [0, 0.05) is 31.7 Å². The molecule has 7 heteroatoms. The molecule has 0 unspecified atom stereocenters. The number of hydrogen-bond acceptors (Lipinski definition) is 4. The molecule has 3 rings (SSSR count). The maximum atomic E-state index is 13.4. The monoisotopic (exact) mass is 458 g/mol. The largest absolute Gasteiger partial charge is 0.495 e. The van der Waals surface area contributed by atoms with E-state index < -0.39 is 10.0 Å². The van der Waals surface area contributed by atoms with Crippen molar-refractivity contribution in [3.63, 3.8) is 0 Å². The molecule has 2 aromatic carbocycles. The Morgan fingerprint density at radius 2 is 1.72 bits per heavy atom. The van der Waals surface area contributed by atoms with Crippen molar-refractivity contribution in [1.82, 2.24) is 4.31 Å². The molecule has 0 aliphatic carbocycles. The van der Waals surface area contributed by atoms with Gasteiger partial charge in [0.05, 0.1) is 7.11 Å². The summed E-state index contributed by atoms with van der Waals surface area (Å²) in [7, 11) is -0.437. The topological polar surface area (TPSA) is 66.9 Å². The van der Waals surface area contributed by atoms with E-state index in [1.807, 2.05) is 52.0 Å². The normalized spacial score (nSPS) is 15.7. The summed E-state index contributed by atoms with van der Waals surface area (Å²) in [6.07, 6.45) is 0.999. The summed E-state index contributed by atoms with van der Waals surface area (Å²) in [5.74, 6) is 0.392. The number of piperidine rings is 1. The van der Waals surface area contributed by atoms with Gasteiger partial charge in [-0.15, -0.1) is 0 Å². The van der Waals surface area contributed by atoms with Crippen molar-refractivity contribution in [1.29, 1.82) is 0 Å². The molecular formula is C25H34N2O4S. The number of anilines is 1. The van der Waals surface area contributed by atoms with Crippen LogP contribution in [0.2, 0.25) is 0 Å². The van der Waals surface area contributed by atoms with Gasteiger partial charge in [-0.2, -0.15) is 4.31 Å². The average molecular weight is 459 g/mol. The standard InChI is InChI=1S/C25H34N2O4S/c1-17(2)21-8-10-23(31-6)24(16-21)32(29,30)27-13-11-20(12-14-27)25(28)26(5)22-9-7-18(3)19(4)15-22/h7-10,15-17,20H,11-14H2,1-6H3. The Morgan fingerprint density at radius 3 is 2.28 bits per heavy atom. The Kier molecular flexibility index (Phi) is 7.30. The summed E-state index contributed by atoms with van der Waals surface area (Å²) in [6, 6.07) is 11.3. The van der Waals surface area contributed by atoms with Crippen molar-refractivity contribution in [3.8, 4) is 5.75 Å². The molecule has 32 heavy (non-hydrogen) atoms. The second kappa shape index (κ2) is 9.63. The van der Waals surface area contributed by atoms with E-state index in [4.69, 9.17) is 4.74 Å². The van der Waals surface area contributed by atoms with Crippen LogP contribution in [0, 0.1) is 19.8 Å². The van der Waals surface area contributed by atoms with Crippen LogP contribution in [0.25, 0.3) is 0 Å². The number of hydrogen-bond donors (Lipinski definition) is 0. The molecule has 1 amide bonds. The fourth-order valence-corrected chi connectivity index (χ4v) is 5.73. The van der Waals surface area contributed by atoms with E-state index in [0.717, 1.165) is 16.8 Å². The van der Waals surface area contributed by atoms with Gasteiger partial charge in [0.2, 0.25) is 15.9 Å². The molecule has 6 nitrogen and oxygen atoms in total. The lowest BCUT2D eigenvalue weighted by molar-refractivity contribution is -0.123. The SMILES string of the molecule is COc1ccc(C(C)C)cc1S(=O)(=O)N1CCC(C(=O)N(C)c2ccc(C)c(C)c2)CC1. The first kappa shape index (κ1) is 24.3. The lowest BCUT2D eigenvalue weighted by Gasteiger charge is -2.33. The molecule has 1 aliphatic heterocycles. The van der Waals surface area contributed by atoms with Gasteiger partial charge in [-0.3, -0.25) is 4.79 Å². The highest BCUT2D eigenvalue weighted by Crippen LogP contribution is 2.33. The number of methoxy groups -OCH3 is 1. The Balaban J connectivity index is 1.74. The Bertz CT molecular complexity index is 1090. The first-order valence-electron chi connectivity index (χ1n) is 11.1. The molecule has 0 saturated carbocycles. The minimum absolute atomic E-state index is 0.0321. The molecule has 0 aromatic heterocycles. The zero-order chi connectivity index (χ0) is 23.6. The third-order valence-corrected chi connectivity index (χ3v) is 8.40. The molecular weight excluding hydrogens is 424 g/mol. The molecule has 1 fully saturated rings. The number of aryl methyl sites for hydroxylation is 2. The molecule has 0 bridgehead atoms. The van der Waals surface area contributed by atoms with Gasteiger partial charge >= 0.3 is 0 Å². The van der Waals surface area contributed by atoms with Crippen LogP contribution in [-0.2, 0) is 14.8 Å². The van der Waals surface area contributed by atoms with Crippen molar-refractivity contribution in [2.75, 3.05) is 32.1 Å². The highest BCUT2D eigenvalue weighted by molar-refractivity contribution is 7.89. The van der Waals surface area contributed by atoms with Crippen LogP contribution in [0.1, 0.15) is 49.3 Å². The van der Waals surface area contributed by atoms with E-state index in [9.17, 15) is 13.2 Å². The lowest BCUT2D eigenvalue weighted by atomic mass is 9.96. The lowest BCUT2D eigenvalue weighted by Crippen LogP contribution is -2.43. The highest BCUT2D eigenvalue weighted by Gasteiger charge is 2.35. The van der Waals surface area contributed by atoms with Crippen LogP contribution in [0.3, 0.4) is 0 Å². The van der Waals surface area contributed by atoms with Gasteiger partial charge < -0.3 is 9.64 Å². The summed E-state index contributed by atoms with van der Waals surface area (Å²) in [5.41, 5.74) is 4.14. The van der Waals surface area contributed by atoms with Gasteiger partial charge in [-0.05, 0) is 73.6 Å². The van der Waals surface area contributed by atoms with E-state index in [1.54, 1.807) is 24.1 Å². The minimum Gasteiger partial charge on any atom is -0.495 e. The summed E-state index contributed by atoms with van der Waals surface area (Å²) in [4.78, 5) is 15.0. The zero-order valence-electron chi connectivity index (χ0n) is 19.9. The molecule has 2 aromatic rings. The van der Waals surface area contributed by atoms with Crippen molar-refractivity contribution in [3.05, 3.63) is 53.1 Å². The molecule has 174 valence electrons. The van der Waals surface area contributed by atoms with Crippen LogP contribution >= 0.6 is 0 Å². The van der Waals surface area contributed by atoms with Crippen molar-refractivity contribution < 1.29 is 17.9 Å². The number of benzene rings is 2. The summed E-state index contributed by atoms with van der Waals surface area (Å²) < 4.78 is 33.6. The van der Waals surface area contributed by atoms with Crippen LogP contribution in [0.15, 0.2) is 41.3 Å². The molecule has 1 saturated heterocycles. The first-order valence-corrected chi connectivity index (χ1v) is 12.5. The number of carbonyl (C=O) groups is 1. The second-order valence-electron chi connectivity index (χ2n) is 8.91. The molecule has 0 N–H and O–H groups in total. The van der Waals surface area contributed by atoms with E-state index >= 15 is 0 Å². The molecule has 1 heterocycles. The third kappa shape index (κ3) is 4.84. The highest BCUT2D eigenvalue weighted by atomic mass is 32.2. The Hall–Kier alpha value is -2.38. The van der Waals surface area contributed by atoms with Gasteiger partial charge in [0.1, 0.15) is 10.6 Å². The summed E-state index contributed by atoms with van der Waals surface area (Å²) in [5, 5.41) is 0. The molecule has 0 spiro atoms. The van der Waals surface area contributed by atoms with Gasteiger partial charge in [0.25, 0.3) is 0 Å². The first-order chi connectivity index (χ1) is 15.1. The van der Waals surface area contributed by atoms with Crippen LogP contribution in [0.4, 0.5) is 5.69 Å². The van der Waals surface area contributed by atoms with Gasteiger partial charge in [0.15, 0.2) is 0 Å². The third-order valence-electron chi connectivity index (χ3n) is 6.48. The van der Waals surface area contributed by atoms with Crippen molar-refractivity contribution in [2.45, 2.75) is 51.3 Å². The molecule has 0 atom stereocenters. The van der Waals surface area contributed by atoms with E-state index in [0.29, 0.717) is 31.7 Å². The molecule has 1 aliphatic rings. The van der Waals surface area contributed by atoms with Gasteiger partial charge in [-0.25, -0.2) is 8.42 Å². The number of nitrogens with zero attached hydrogens (tertiary/aromatic N) is 2. The number of rotatable bonds is 6. The zero-order valence-corrected chi connectivity index (χ0v) is 20.7. The minimum atomic E-state index is -3.71. The van der Waals surface area contributed by atoms with Crippen molar-refractivity contribution >= 4 is 21.6 Å². The van der Waals surface area contributed by atoms with E-state index in [1.165, 1.54) is 17.0 Å².